The molecule has 0 fully saturated rings. The zero-order valence-corrected chi connectivity index (χ0v) is 60.0. The minimum atomic E-state index is -2.33. The van der Waals surface area contributed by atoms with E-state index in [1.54, 1.807) is 27.8 Å². The number of unbranched alkanes of at least 4 members (excludes halogenated alkanes) is 3. The van der Waals surface area contributed by atoms with Gasteiger partial charge in [-0.3, -0.25) is 0 Å². The van der Waals surface area contributed by atoms with E-state index < -0.39 is 25.5 Å². The number of aliphatic hydroxyl groups is 1. The molecule has 90 heavy (non-hydrogen) atoms. The summed E-state index contributed by atoms with van der Waals surface area (Å²) < 4.78 is 6.38. The standard InChI is InChI=1S/C16H23BN2O2.2C16H22N2O.C16H21N2.3C4H9.Sn/c1-3-5-13(6-4-2)16-18-11-15(19-16)12-7-9-14(10-8-12)17(20)21;1-3-4-14(9-10-19)16-17-11-15(18-16)13-7-5-12(2)6-8-13;1-3-5-13(6-4-2)16-17-11-15(18-16)12-7-9-14(19)10-8-12;1-3-8-14(9-4-2)16-17-12-15(18-16)13-10-6-5-7-11-13;3*1-3-4-2;/h7-11,13,20-21H,3-6H2,1-2H3,(H,18,19);5-8,11,14,19H,3-4,9-10H2,1-2H3,(H,17,18);7-11,13,19H,3-6H2,1-2H3,(H,17,18);6-7,10-12,14H,3-4,8-9H2,1-2H3,(H,17,18);3*1,3-4H2,2H3;. The molecule has 0 radical (unpaired) electrons. The molecule has 4 heterocycles. The van der Waals surface area contributed by atoms with Crippen LogP contribution in [0.15, 0.2) is 122 Å². The van der Waals surface area contributed by atoms with Crippen molar-refractivity contribution in [3.05, 3.63) is 151 Å². The average Bonchev–Trinajstić information content (AvgIpc) is 1.71. The predicted octanol–water partition coefficient (Wildman–Crippen LogP) is 19.4. The quantitative estimate of drug-likeness (QED) is 0.0180. The Morgan fingerprint density at radius 3 is 0.933 bits per heavy atom. The summed E-state index contributed by atoms with van der Waals surface area (Å²) in [4.78, 5) is 32.2. The number of aromatic hydroxyl groups is 1. The van der Waals surface area contributed by atoms with Gasteiger partial charge in [-0.1, -0.05) is 121 Å². The fourth-order valence-corrected chi connectivity index (χ4v) is 28.5. The molecule has 0 aliphatic rings. The number of hydrogen-bond acceptors (Lipinski definition) is 8. The molecule has 0 saturated heterocycles. The van der Waals surface area contributed by atoms with Crippen molar-refractivity contribution in [3.63, 3.8) is 0 Å². The van der Waals surface area contributed by atoms with Crippen LogP contribution in [-0.2, 0) is 0 Å². The third-order valence-corrected chi connectivity index (χ3v) is 33.4. The number of nitrogens with zero attached hydrogens (tertiary/aromatic N) is 4. The molecule has 0 amide bonds. The second kappa shape index (κ2) is 41.7. The molecule has 1 unspecified atom stereocenters. The van der Waals surface area contributed by atoms with Gasteiger partial charge in [0.25, 0.3) is 0 Å². The Balaban J connectivity index is 0.000000223. The predicted molar refractivity (Wildman–Crippen MR) is 384 cm³/mol. The summed E-state index contributed by atoms with van der Waals surface area (Å²) in [5, 5.41) is 36.7. The Morgan fingerprint density at radius 1 is 0.378 bits per heavy atom. The summed E-state index contributed by atoms with van der Waals surface area (Å²) >= 11 is -2.33. The number of phenols is 1. The van der Waals surface area contributed by atoms with Gasteiger partial charge >= 0.3 is 205 Å². The molecule has 490 valence electrons. The summed E-state index contributed by atoms with van der Waals surface area (Å²) in [5.74, 6) is 6.54. The van der Waals surface area contributed by atoms with Crippen LogP contribution in [0.2, 0.25) is 13.3 Å². The zero-order valence-electron chi connectivity index (χ0n) is 57.2. The number of phenolic OH excluding ortho intramolecular Hbond substituents is 1. The minimum absolute atomic E-state index is 0.214. The molecule has 4 aromatic heterocycles. The second-order valence-electron chi connectivity index (χ2n) is 25.1. The van der Waals surface area contributed by atoms with E-state index in [1.165, 1.54) is 126 Å². The number of hydrogen-bond donors (Lipinski definition) is 8. The number of aromatic nitrogens is 8. The number of imidazole rings is 4. The van der Waals surface area contributed by atoms with E-state index in [1.807, 2.05) is 42.9 Å². The van der Waals surface area contributed by atoms with Crippen molar-refractivity contribution in [1.29, 1.82) is 0 Å². The van der Waals surface area contributed by atoms with Crippen LogP contribution in [0, 0.1) is 6.92 Å². The monoisotopic (exact) mass is 1330 g/mol. The van der Waals surface area contributed by atoms with Crippen LogP contribution in [0.4, 0.5) is 0 Å². The van der Waals surface area contributed by atoms with Gasteiger partial charge in [-0.2, -0.15) is 0 Å². The molecule has 0 spiro atoms. The number of aryl methyl sites for hydroxylation is 1. The molecule has 8 N–H and O–H groups in total. The van der Waals surface area contributed by atoms with Gasteiger partial charge in [0.1, 0.15) is 23.2 Å². The third kappa shape index (κ3) is 23.7. The van der Waals surface area contributed by atoms with E-state index in [0.717, 1.165) is 96.2 Å². The molecule has 4 aromatic carbocycles. The first-order valence-corrected chi connectivity index (χ1v) is 42.5. The molecule has 12 nitrogen and oxygen atoms in total. The Morgan fingerprint density at radius 2 is 0.656 bits per heavy atom. The van der Waals surface area contributed by atoms with Crippen molar-refractivity contribution >= 4 is 34.5 Å². The van der Waals surface area contributed by atoms with Gasteiger partial charge in [-0.25, -0.2) is 15.0 Å². The first-order valence-electron chi connectivity index (χ1n) is 35.0. The maximum absolute atomic E-state index is 9.31. The Hall–Kier alpha value is -5.74. The van der Waals surface area contributed by atoms with Gasteiger partial charge in [-0.05, 0) is 91.9 Å². The Bertz CT molecular complexity index is 2970. The summed E-state index contributed by atoms with van der Waals surface area (Å²) in [6.45, 7) is 24.9. The molecule has 0 bridgehead atoms. The van der Waals surface area contributed by atoms with Crippen LogP contribution in [0.25, 0.3) is 45.0 Å². The SMILES string of the molecule is CCCC(CCC)c1ncc(-c2ccc(B(O)O)cc2)[nH]1.CCCC(CCC)c1ncc(-c2ccc(O)cc2)[nH]1.CCCC(CCO)c1ncc(-c2ccc(C)cc2)[nH]1.CCC[CH2][Sn]([CH2]CCC)([CH2]CCC)[c]1ccc(-c2cnc(C(CCC)CCC)[nH]2)cc1. The van der Waals surface area contributed by atoms with Crippen LogP contribution >= 0.6 is 0 Å². The first-order chi connectivity index (χ1) is 43.8. The second-order valence-corrected chi connectivity index (χ2v) is 38.4. The molecule has 0 aliphatic carbocycles. The molecule has 8 aromatic rings. The van der Waals surface area contributed by atoms with Crippen LogP contribution in [0.5, 0.6) is 5.75 Å². The fraction of sp³-hybridized carbons (Fsp3) is 0.526. The molecular weight excluding hydrogens is 1220 g/mol. The number of rotatable bonds is 35. The maximum atomic E-state index is 9.31. The van der Waals surface area contributed by atoms with Crippen molar-refractivity contribution in [2.24, 2.45) is 0 Å². The van der Waals surface area contributed by atoms with Crippen molar-refractivity contribution in [3.8, 4) is 50.8 Å². The Labute approximate surface area is 547 Å². The first kappa shape index (κ1) is 75.0. The van der Waals surface area contributed by atoms with E-state index in [-0.39, 0.29) is 6.61 Å². The molecule has 8 rings (SSSR count). The van der Waals surface area contributed by atoms with Crippen molar-refractivity contribution in [1.82, 2.24) is 39.9 Å². The van der Waals surface area contributed by atoms with E-state index in [4.69, 9.17) is 20.1 Å². The Kier molecular flexibility index (Phi) is 34.7. The van der Waals surface area contributed by atoms with E-state index in [0.29, 0.717) is 34.9 Å². The summed E-state index contributed by atoms with van der Waals surface area (Å²) in [6.07, 6.45) is 33.1. The molecule has 0 saturated carbocycles. The zero-order chi connectivity index (χ0) is 65.1. The topological polar surface area (TPSA) is 196 Å². The molecule has 0 aliphatic heterocycles. The van der Waals surface area contributed by atoms with Gasteiger partial charge in [0.15, 0.2) is 0 Å². The van der Waals surface area contributed by atoms with E-state index >= 15 is 0 Å². The van der Waals surface area contributed by atoms with Crippen molar-refractivity contribution < 1.29 is 20.3 Å². The number of aliphatic hydroxyl groups excluding tert-OH is 1. The van der Waals surface area contributed by atoms with Crippen molar-refractivity contribution in [2.75, 3.05) is 6.61 Å². The van der Waals surface area contributed by atoms with Gasteiger partial charge in [-0.15, -0.1) is 0 Å². The van der Waals surface area contributed by atoms with E-state index in [9.17, 15) is 5.11 Å². The third-order valence-electron chi connectivity index (χ3n) is 17.8. The number of H-pyrrole nitrogens is 4. The molecular formula is C76H115BN8O4Sn. The van der Waals surface area contributed by atoms with Gasteiger partial charge in [0.05, 0.1) is 35.7 Å². The fourth-order valence-electron chi connectivity index (χ4n) is 12.6. The van der Waals surface area contributed by atoms with Crippen LogP contribution in [0.1, 0.15) is 257 Å². The van der Waals surface area contributed by atoms with Crippen LogP contribution in [0.3, 0.4) is 0 Å². The summed E-state index contributed by atoms with van der Waals surface area (Å²) in [7, 11) is -1.42. The normalized spacial score (nSPS) is 11.7. The number of aromatic amines is 4. The summed E-state index contributed by atoms with van der Waals surface area (Å²) in [5.41, 5.74) is 10.5. The average molecular weight is 1330 g/mol. The van der Waals surface area contributed by atoms with Crippen LogP contribution in [-0.4, -0.2) is 92.2 Å². The van der Waals surface area contributed by atoms with Gasteiger partial charge in [0.2, 0.25) is 0 Å². The van der Waals surface area contributed by atoms with Crippen LogP contribution < -0.4 is 9.04 Å². The van der Waals surface area contributed by atoms with Crippen molar-refractivity contribution in [2.45, 2.75) is 248 Å². The van der Waals surface area contributed by atoms with E-state index in [2.05, 4.69) is 166 Å². The van der Waals surface area contributed by atoms with Gasteiger partial charge in [0, 0.05) is 24.4 Å². The number of benzene rings is 4. The number of nitrogens with one attached hydrogen (secondary N) is 4. The van der Waals surface area contributed by atoms with Gasteiger partial charge < -0.3 is 35.2 Å². The summed E-state index contributed by atoms with van der Waals surface area (Å²) in [6, 6.07) is 32.6. The molecule has 1 atom stereocenters. The molecule has 14 heteroatoms.